The smallest absolute Gasteiger partial charge is 0.329 e. The number of benzene rings is 1. The van der Waals surface area contributed by atoms with Gasteiger partial charge in [-0.05, 0) is 31.0 Å². The van der Waals surface area contributed by atoms with E-state index in [9.17, 15) is 19.1 Å². The van der Waals surface area contributed by atoms with Gasteiger partial charge in [0.1, 0.15) is 11.4 Å². The topological polar surface area (TPSA) is 78.4 Å². The number of anilines is 1. The van der Waals surface area contributed by atoms with E-state index in [1.165, 1.54) is 12.1 Å². The second-order valence-corrected chi connectivity index (χ2v) is 4.73. The highest BCUT2D eigenvalue weighted by Crippen LogP contribution is 2.20. The zero-order valence-corrected chi connectivity index (χ0v) is 11.9. The Hall–Kier alpha value is -1.82. The van der Waals surface area contributed by atoms with Crippen molar-refractivity contribution in [3.63, 3.8) is 0 Å². The number of carbonyl (C=O) groups is 2. The van der Waals surface area contributed by atoms with Crippen molar-refractivity contribution in [1.82, 2.24) is 5.32 Å². The fraction of sp³-hybridized carbons (Fsp3) is 0.385. The molecule has 0 atom stereocenters. The summed E-state index contributed by atoms with van der Waals surface area (Å²) in [7, 11) is 0. The highest BCUT2D eigenvalue weighted by Gasteiger charge is 2.36. The molecule has 0 saturated carbocycles. The molecule has 110 valence electrons. The van der Waals surface area contributed by atoms with E-state index >= 15 is 0 Å². The summed E-state index contributed by atoms with van der Waals surface area (Å²) in [6.45, 7) is 3.31. The zero-order chi connectivity index (χ0) is 15.3. The summed E-state index contributed by atoms with van der Waals surface area (Å²) in [6, 6.07) is 3.00. The van der Waals surface area contributed by atoms with Gasteiger partial charge in [-0.2, -0.15) is 0 Å². The monoisotopic (exact) mass is 302 g/mol. The fourth-order valence-corrected chi connectivity index (χ4v) is 1.90. The van der Waals surface area contributed by atoms with Gasteiger partial charge < -0.3 is 15.7 Å². The molecule has 0 aliphatic rings. The molecule has 7 heteroatoms. The molecule has 0 aromatic heterocycles. The van der Waals surface area contributed by atoms with Crippen LogP contribution in [0.4, 0.5) is 14.9 Å². The van der Waals surface area contributed by atoms with E-state index in [4.69, 9.17) is 11.6 Å². The number of hydrogen-bond donors (Lipinski definition) is 3. The van der Waals surface area contributed by atoms with Gasteiger partial charge in [-0.3, -0.25) is 0 Å². The maximum atomic E-state index is 13.5. The number of nitrogens with one attached hydrogen (secondary N) is 2. The van der Waals surface area contributed by atoms with Crippen molar-refractivity contribution in [3.05, 3.63) is 29.0 Å². The van der Waals surface area contributed by atoms with Crippen LogP contribution < -0.4 is 10.6 Å². The van der Waals surface area contributed by atoms with Crippen molar-refractivity contribution in [3.8, 4) is 0 Å². The number of hydrogen-bond acceptors (Lipinski definition) is 2. The van der Waals surface area contributed by atoms with Crippen LogP contribution in [0.15, 0.2) is 18.2 Å². The molecule has 0 unspecified atom stereocenters. The van der Waals surface area contributed by atoms with E-state index in [-0.39, 0.29) is 23.6 Å². The number of amides is 2. The standard InChI is InChI=1S/C13H16ClFN2O3/c1-3-13(4-2,11(18)19)17-12(20)16-10-6-5-8(14)7-9(10)15/h5-7H,3-4H2,1-2H3,(H,18,19)(H2,16,17,20). The first-order valence-electron chi connectivity index (χ1n) is 6.12. The number of halogens is 2. The molecule has 1 aromatic carbocycles. The average molecular weight is 303 g/mol. The molecule has 3 N–H and O–H groups in total. The maximum absolute atomic E-state index is 13.5. The van der Waals surface area contributed by atoms with Crippen LogP contribution in [0.3, 0.4) is 0 Å². The molecular formula is C13H16ClFN2O3. The molecule has 2 amide bonds. The predicted molar refractivity (Wildman–Crippen MR) is 74.5 cm³/mol. The van der Waals surface area contributed by atoms with Crippen molar-refractivity contribution in [2.24, 2.45) is 0 Å². The number of rotatable bonds is 5. The Morgan fingerprint density at radius 2 is 1.95 bits per heavy atom. The number of carboxylic acid groups (broad SMARTS) is 1. The molecule has 1 aromatic rings. The minimum atomic E-state index is -1.37. The molecular weight excluding hydrogens is 287 g/mol. The van der Waals surface area contributed by atoms with E-state index in [2.05, 4.69) is 10.6 Å². The van der Waals surface area contributed by atoms with Crippen molar-refractivity contribution >= 4 is 29.3 Å². The van der Waals surface area contributed by atoms with Crippen LogP contribution in [0.25, 0.3) is 0 Å². The van der Waals surface area contributed by atoms with Gasteiger partial charge >= 0.3 is 12.0 Å². The number of aliphatic carboxylic acids is 1. The summed E-state index contributed by atoms with van der Waals surface area (Å²) < 4.78 is 13.5. The lowest BCUT2D eigenvalue weighted by Gasteiger charge is -2.28. The first-order valence-corrected chi connectivity index (χ1v) is 6.50. The summed E-state index contributed by atoms with van der Waals surface area (Å²) in [5.41, 5.74) is -1.44. The van der Waals surface area contributed by atoms with Gasteiger partial charge in [0, 0.05) is 5.02 Å². The molecule has 0 aliphatic heterocycles. The lowest BCUT2D eigenvalue weighted by Crippen LogP contribution is -2.55. The molecule has 0 saturated heterocycles. The predicted octanol–water partition coefficient (Wildman–Crippen LogP) is 3.24. The van der Waals surface area contributed by atoms with Gasteiger partial charge in [0.05, 0.1) is 5.69 Å². The summed E-state index contributed by atoms with van der Waals surface area (Å²) >= 11 is 5.60. The minimum absolute atomic E-state index is 0.0709. The Kier molecular flexibility index (Phi) is 5.33. The van der Waals surface area contributed by atoms with Crippen LogP contribution in [0, 0.1) is 5.82 Å². The summed E-state index contributed by atoms with van der Waals surface area (Å²) in [5, 5.41) is 14.0. The molecule has 0 spiro atoms. The molecule has 20 heavy (non-hydrogen) atoms. The third-order valence-electron chi connectivity index (χ3n) is 3.15. The molecule has 0 aliphatic carbocycles. The van der Waals surface area contributed by atoms with Gasteiger partial charge in [-0.1, -0.05) is 25.4 Å². The molecule has 0 radical (unpaired) electrons. The van der Waals surface area contributed by atoms with Crippen LogP contribution in [-0.2, 0) is 4.79 Å². The van der Waals surface area contributed by atoms with Gasteiger partial charge in [-0.15, -0.1) is 0 Å². The van der Waals surface area contributed by atoms with Crippen molar-refractivity contribution < 1.29 is 19.1 Å². The maximum Gasteiger partial charge on any atom is 0.329 e. The zero-order valence-electron chi connectivity index (χ0n) is 11.2. The molecule has 0 bridgehead atoms. The van der Waals surface area contributed by atoms with Crippen LogP contribution in [0.2, 0.25) is 5.02 Å². The lowest BCUT2D eigenvalue weighted by atomic mass is 9.93. The highest BCUT2D eigenvalue weighted by atomic mass is 35.5. The van der Waals surface area contributed by atoms with E-state index in [1.54, 1.807) is 13.8 Å². The third kappa shape index (κ3) is 3.60. The quantitative estimate of drug-likeness (QED) is 0.781. The Balaban J connectivity index is 2.83. The largest absolute Gasteiger partial charge is 0.480 e. The Labute approximate surface area is 121 Å². The Bertz CT molecular complexity index is 518. The lowest BCUT2D eigenvalue weighted by molar-refractivity contribution is -0.144. The van der Waals surface area contributed by atoms with Crippen LogP contribution in [0.1, 0.15) is 26.7 Å². The van der Waals surface area contributed by atoms with Crippen LogP contribution in [-0.4, -0.2) is 22.6 Å². The highest BCUT2D eigenvalue weighted by molar-refractivity contribution is 6.30. The van der Waals surface area contributed by atoms with Gasteiger partial charge in [0.2, 0.25) is 0 Å². The Morgan fingerprint density at radius 1 is 1.35 bits per heavy atom. The van der Waals surface area contributed by atoms with Crippen molar-refractivity contribution in [1.29, 1.82) is 0 Å². The van der Waals surface area contributed by atoms with Gasteiger partial charge in [-0.25, -0.2) is 14.0 Å². The summed E-state index contributed by atoms with van der Waals surface area (Å²) in [5.74, 6) is -1.82. The SMILES string of the molecule is CCC(CC)(NC(=O)Nc1ccc(Cl)cc1F)C(=O)O. The van der Waals surface area contributed by atoms with Crippen molar-refractivity contribution in [2.75, 3.05) is 5.32 Å². The fourth-order valence-electron chi connectivity index (χ4n) is 1.74. The second-order valence-electron chi connectivity index (χ2n) is 4.30. The van der Waals surface area contributed by atoms with E-state index in [0.717, 1.165) is 6.07 Å². The van der Waals surface area contributed by atoms with Gasteiger partial charge in [0.25, 0.3) is 0 Å². The number of urea groups is 1. The van der Waals surface area contributed by atoms with Crippen molar-refractivity contribution in [2.45, 2.75) is 32.2 Å². The van der Waals surface area contributed by atoms with Gasteiger partial charge in [0.15, 0.2) is 0 Å². The average Bonchev–Trinajstić information content (AvgIpc) is 2.39. The van der Waals surface area contributed by atoms with Crippen LogP contribution >= 0.6 is 11.6 Å². The number of carbonyl (C=O) groups excluding carboxylic acids is 1. The Morgan fingerprint density at radius 3 is 2.40 bits per heavy atom. The third-order valence-corrected chi connectivity index (χ3v) is 3.38. The summed E-state index contributed by atoms with van der Waals surface area (Å²) in [4.78, 5) is 23.1. The first-order chi connectivity index (χ1) is 9.34. The number of carboxylic acids is 1. The van der Waals surface area contributed by atoms with E-state index in [0.29, 0.717) is 0 Å². The molecule has 0 heterocycles. The normalized spacial score (nSPS) is 11.0. The molecule has 5 nitrogen and oxygen atoms in total. The van der Waals surface area contributed by atoms with E-state index < -0.39 is 23.4 Å². The van der Waals surface area contributed by atoms with E-state index in [1.807, 2.05) is 0 Å². The molecule has 1 rings (SSSR count). The molecule has 0 fully saturated rings. The first kappa shape index (κ1) is 16.2. The second kappa shape index (κ2) is 6.56. The van der Waals surface area contributed by atoms with Crippen LogP contribution in [0.5, 0.6) is 0 Å². The summed E-state index contributed by atoms with van der Waals surface area (Å²) in [6.07, 6.45) is 0.435. The minimum Gasteiger partial charge on any atom is -0.480 e.